The molecule has 1 heterocycles. The predicted octanol–water partition coefficient (Wildman–Crippen LogP) is 2.96. The molecule has 1 aliphatic heterocycles. The van der Waals surface area contributed by atoms with E-state index in [1.54, 1.807) is 0 Å². The second kappa shape index (κ2) is 6.94. The van der Waals surface area contributed by atoms with E-state index >= 15 is 0 Å². The minimum absolute atomic E-state index is 0.169. The van der Waals surface area contributed by atoms with Gasteiger partial charge in [-0.05, 0) is 61.9 Å². The molecule has 0 atom stereocenters. The van der Waals surface area contributed by atoms with Gasteiger partial charge in [-0.25, -0.2) is 0 Å². The van der Waals surface area contributed by atoms with Gasteiger partial charge in [-0.3, -0.25) is 4.90 Å². The van der Waals surface area contributed by atoms with Crippen LogP contribution in [0.1, 0.15) is 43.4 Å². The van der Waals surface area contributed by atoms with Crippen LogP contribution in [0, 0.1) is 18.8 Å². The van der Waals surface area contributed by atoms with Crippen molar-refractivity contribution in [3.8, 4) is 0 Å². The number of likely N-dealkylation sites (tertiary alicyclic amines) is 1. The molecule has 0 unspecified atom stereocenters. The van der Waals surface area contributed by atoms with Crippen LogP contribution in [-0.4, -0.2) is 29.0 Å². The summed E-state index contributed by atoms with van der Waals surface area (Å²) in [6.07, 6.45) is 2.61. The van der Waals surface area contributed by atoms with Crippen molar-refractivity contribution in [2.45, 2.75) is 40.2 Å². The SMILES string of the molecule is Cc1cc(/C(N)=N/O)ccc1CN1CCC(C(C)C)CC1. The number of nitrogens with two attached hydrogens (primary N) is 1. The van der Waals surface area contributed by atoms with E-state index in [0.29, 0.717) is 0 Å². The summed E-state index contributed by atoms with van der Waals surface area (Å²) in [7, 11) is 0. The standard InChI is InChI=1S/C17H27N3O/c1-12(2)14-6-8-20(9-7-14)11-16-5-4-15(10-13(16)3)17(18)19-21/h4-5,10,12,14,21H,6-9,11H2,1-3H3,(H2,18,19). The first kappa shape index (κ1) is 15.8. The Balaban J connectivity index is 1.98. The maximum atomic E-state index is 8.73. The fourth-order valence-electron chi connectivity index (χ4n) is 3.11. The molecule has 4 heteroatoms. The third-order valence-electron chi connectivity index (χ3n) is 4.72. The molecule has 0 bridgehead atoms. The molecule has 0 spiro atoms. The van der Waals surface area contributed by atoms with E-state index in [1.807, 2.05) is 12.1 Å². The largest absolute Gasteiger partial charge is 0.409 e. The molecular weight excluding hydrogens is 262 g/mol. The van der Waals surface area contributed by atoms with Gasteiger partial charge in [0, 0.05) is 12.1 Å². The molecular formula is C17H27N3O. The van der Waals surface area contributed by atoms with Crippen LogP contribution >= 0.6 is 0 Å². The first-order valence-electron chi connectivity index (χ1n) is 7.81. The lowest BCUT2D eigenvalue weighted by molar-refractivity contribution is 0.152. The number of aryl methyl sites for hydroxylation is 1. The maximum absolute atomic E-state index is 8.73. The summed E-state index contributed by atoms with van der Waals surface area (Å²) in [5.74, 6) is 1.85. The Morgan fingerprint density at radius 3 is 2.57 bits per heavy atom. The third kappa shape index (κ3) is 3.97. The average molecular weight is 289 g/mol. The smallest absolute Gasteiger partial charge is 0.170 e. The highest BCUT2D eigenvalue weighted by atomic mass is 16.4. The average Bonchev–Trinajstić information content (AvgIpc) is 2.49. The van der Waals surface area contributed by atoms with Gasteiger partial charge in [0.15, 0.2) is 5.84 Å². The molecule has 116 valence electrons. The number of hydrogen-bond donors (Lipinski definition) is 2. The molecule has 1 saturated heterocycles. The Labute approximate surface area is 127 Å². The van der Waals surface area contributed by atoms with Gasteiger partial charge in [0.1, 0.15) is 0 Å². The zero-order valence-corrected chi connectivity index (χ0v) is 13.3. The maximum Gasteiger partial charge on any atom is 0.170 e. The van der Waals surface area contributed by atoms with Crippen LogP contribution in [0.25, 0.3) is 0 Å². The summed E-state index contributed by atoms with van der Waals surface area (Å²) in [6.45, 7) is 10.1. The van der Waals surface area contributed by atoms with Crippen molar-refractivity contribution in [2.24, 2.45) is 22.7 Å². The van der Waals surface area contributed by atoms with Gasteiger partial charge < -0.3 is 10.9 Å². The lowest BCUT2D eigenvalue weighted by Crippen LogP contribution is -2.34. The van der Waals surface area contributed by atoms with E-state index in [4.69, 9.17) is 10.9 Å². The Morgan fingerprint density at radius 1 is 1.38 bits per heavy atom. The first-order valence-corrected chi connectivity index (χ1v) is 7.81. The van der Waals surface area contributed by atoms with Crippen molar-refractivity contribution < 1.29 is 5.21 Å². The van der Waals surface area contributed by atoms with E-state index in [2.05, 4.69) is 36.9 Å². The van der Waals surface area contributed by atoms with E-state index in [0.717, 1.165) is 23.9 Å². The summed E-state index contributed by atoms with van der Waals surface area (Å²) in [5.41, 5.74) is 8.93. The van der Waals surface area contributed by atoms with E-state index < -0.39 is 0 Å². The molecule has 1 aromatic rings. The van der Waals surface area contributed by atoms with Gasteiger partial charge in [0.2, 0.25) is 0 Å². The fraction of sp³-hybridized carbons (Fsp3) is 0.588. The zero-order valence-electron chi connectivity index (χ0n) is 13.3. The van der Waals surface area contributed by atoms with E-state index in [-0.39, 0.29) is 5.84 Å². The van der Waals surface area contributed by atoms with Gasteiger partial charge >= 0.3 is 0 Å². The van der Waals surface area contributed by atoms with Gasteiger partial charge in [-0.15, -0.1) is 0 Å². The van der Waals surface area contributed by atoms with E-state index in [9.17, 15) is 0 Å². The van der Waals surface area contributed by atoms with Crippen LogP contribution in [0.3, 0.4) is 0 Å². The summed E-state index contributed by atoms with van der Waals surface area (Å²) in [5, 5.41) is 11.8. The summed E-state index contributed by atoms with van der Waals surface area (Å²) in [6, 6.07) is 6.01. The summed E-state index contributed by atoms with van der Waals surface area (Å²) < 4.78 is 0. The molecule has 4 nitrogen and oxygen atoms in total. The topological polar surface area (TPSA) is 61.9 Å². The van der Waals surface area contributed by atoms with E-state index in [1.165, 1.54) is 37.1 Å². The minimum Gasteiger partial charge on any atom is -0.409 e. The molecule has 21 heavy (non-hydrogen) atoms. The Morgan fingerprint density at radius 2 is 2.05 bits per heavy atom. The molecule has 3 N–H and O–H groups in total. The zero-order chi connectivity index (χ0) is 15.4. The monoisotopic (exact) mass is 289 g/mol. The van der Waals surface area contributed by atoms with Crippen LogP contribution in [0.15, 0.2) is 23.4 Å². The second-order valence-electron chi connectivity index (χ2n) is 6.48. The minimum atomic E-state index is 0.169. The number of nitrogens with zero attached hydrogens (tertiary/aromatic N) is 2. The highest BCUT2D eigenvalue weighted by Crippen LogP contribution is 2.25. The van der Waals surface area contributed by atoms with Crippen LogP contribution in [0.2, 0.25) is 0 Å². The van der Waals surface area contributed by atoms with Gasteiger partial charge in [-0.2, -0.15) is 0 Å². The third-order valence-corrected chi connectivity index (χ3v) is 4.72. The molecule has 2 rings (SSSR count). The normalized spacial score (nSPS) is 18.4. The Hall–Kier alpha value is -1.55. The number of amidine groups is 1. The van der Waals surface area contributed by atoms with Gasteiger partial charge in [-0.1, -0.05) is 31.1 Å². The fourth-order valence-corrected chi connectivity index (χ4v) is 3.11. The quantitative estimate of drug-likeness (QED) is 0.388. The van der Waals surface area contributed by atoms with Crippen molar-refractivity contribution in [3.05, 3.63) is 34.9 Å². The van der Waals surface area contributed by atoms with Gasteiger partial charge in [0.25, 0.3) is 0 Å². The van der Waals surface area contributed by atoms with Gasteiger partial charge in [0.05, 0.1) is 0 Å². The highest BCUT2D eigenvalue weighted by Gasteiger charge is 2.21. The number of hydrogen-bond acceptors (Lipinski definition) is 3. The molecule has 0 amide bonds. The Kier molecular flexibility index (Phi) is 5.23. The van der Waals surface area contributed by atoms with Crippen molar-refractivity contribution in [2.75, 3.05) is 13.1 Å². The molecule has 0 saturated carbocycles. The van der Waals surface area contributed by atoms with Crippen molar-refractivity contribution in [1.29, 1.82) is 0 Å². The van der Waals surface area contributed by atoms with Crippen LogP contribution < -0.4 is 5.73 Å². The summed E-state index contributed by atoms with van der Waals surface area (Å²) in [4.78, 5) is 2.53. The number of rotatable bonds is 4. The predicted molar refractivity (Wildman–Crippen MR) is 86.5 cm³/mol. The number of benzene rings is 1. The number of oxime groups is 1. The van der Waals surface area contributed by atoms with Crippen molar-refractivity contribution >= 4 is 5.84 Å². The van der Waals surface area contributed by atoms with Crippen molar-refractivity contribution in [1.82, 2.24) is 4.90 Å². The molecule has 0 aliphatic carbocycles. The molecule has 0 radical (unpaired) electrons. The lowest BCUT2D eigenvalue weighted by atomic mass is 9.86. The van der Waals surface area contributed by atoms with Crippen LogP contribution in [0.4, 0.5) is 0 Å². The number of piperidine rings is 1. The Bertz CT molecular complexity index is 503. The summed E-state index contributed by atoms with van der Waals surface area (Å²) >= 11 is 0. The first-order chi connectivity index (χ1) is 10.0. The van der Waals surface area contributed by atoms with Crippen molar-refractivity contribution in [3.63, 3.8) is 0 Å². The lowest BCUT2D eigenvalue weighted by Gasteiger charge is -2.34. The van der Waals surface area contributed by atoms with Crippen LogP contribution in [0.5, 0.6) is 0 Å². The molecule has 1 aromatic carbocycles. The van der Waals surface area contributed by atoms with Crippen LogP contribution in [-0.2, 0) is 6.54 Å². The highest BCUT2D eigenvalue weighted by molar-refractivity contribution is 5.97. The second-order valence-corrected chi connectivity index (χ2v) is 6.48. The molecule has 1 aliphatic rings. The molecule has 1 fully saturated rings. The molecule has 0 aromatic heterocycles.